The molecule has 1 saturated heterocycles. The van der Waals surface area contributed by atoms with Crippen LogP contribution in [0, 0.1) is 0 Å². The number of carbonyl (C=O) groups is 1. The maximum absolute atomic E-state index is 11.1. The summed E-state index contributed by atoms with van der Waals surface area (Å²) in [6, 6.07) is 3.80. The molecule has 1 fully saturated rings. The van der Waals surface area contributed by atoms with Crippen LogP contribution >= 0.6 is 0 Å². The van der Waals surface area contributed by atoms with Crippen LogP contribution in [-0.4, -0.2) is 17.4 Å². The van der Waals surface area contributed by atoms with E-state index in [4.69, 9.17) is 5.73 Å². The van der Waals surface area contributed by atoms with Gasteiger partial charge in [-0.15, -0.1) is 0 Å². The number of aromatic nitrogens is 1. The summed E-state index contributed by atoms with van der Waals surface area (Å²) >= 11 is 0. The van der Waals surface area contributed by atoms with Crippen molar-refractivity contribution in [2.45, 2.75) is 25.7 Å². The zero-order chi connectivity index (χ0) is 10.8. The van der Waals surface area contributed by atoms with Gasteiger partial charge in [0.1, 0.15) is 5.82 Å². The number of nitrogens with one attached hydrogen (secondary N) is 1. The minimum Gasteiger partial charge on any atom is -0.384 e. The van der Waals surface area contributed by atoms with Crippen LogP contribution in [0.25, 0.3) is 0 Å². The Balaban J connectivity index is 2.31. The zero-order valence-electron chi connectivity index (χ0n) is 8.79. The Labute approximate surface area is 88.9 Å². The number of carbonyl (C=O) groups excluding carboxylic acids is 1. The quantitative estimate of drug-likeness (QED) is 0.751. The molecule has 4 heteroatoms. The van der Waals surface area contributed by atoms with Crippen molar-refractivity contribution < 1.29 is 4.79 Å². The Morgan fingerprint density at radius 2 is 2.40 bits per heavy atom. The highest BCUT2D eigenvalue weighted by atomic mass is 16.1. The van der Waals surface area contributed by atoms with E-state index in [1.165, 1.54) is 0 Å². The summed E-state index contributed by atoms with van der Waals surface area (Å²) in [6.45, 7) is 2.77. The highest BCUT2D eigenvalue weighted by molar-refractivity contribution is 5.79. The normalized spacial score (nSPS) is 20.3. The number of nitrogens with zero attached hydrogens (tertiary/aromatic N) is 1. The molecule has 80 valence electrons. The molecular weight excluding hydrogens is 190 g/mol. The number of nitrogens with two attached hydrogens (primary N) is 1. The molecule has 0 radical (unpaired) electrons. The molecular formula is C11H15N3O. The molecule has 1 aliphatic rings. The first-order chi connectivity index (χ1) is 7.20. The minimum absolute atomic E-state index is 0.124. The van der Waals surface area contributed by atoms with E-state index in [1.807, 2.05) is 6.07 Å². The predicted molar refractivity (Wildman–Crippen MR) is 58.4 cm³/mol. The maximum atomic E-state index is 11.1. The van der Waals surface area contributed by atoms with E-state index in [-0.39, 0.29) is 11.8 Å². The van der Waals surface area contributed by atoms with Gasteiger partial charge >= 0.3 is 0 Å². The number of aryl methyl sites for hydroxylation is 1. The largest absolute Gasteiger partial charge is 0.384 e. The summed E-state index contributed by atoms with van der Waals surface area (Å²) in [4.78, 5) is 15.4. The van der Waals surface area contributed by atoms with Crippen molar-refractivity contribution in [2.24, 2.45) is 0 Å². The standard InChI is InChI=1S/C11H15N3O/c1-2-9-8(3-4-10(12)14-9)7-5-11(15)13-6-7/h3-4,7H,2,5-6H2,1H3,(H2,12,14)(H,13,15)/t7-/m1/s1. The van der Waals surface area contributed by atoms with Crippen LogP contribution < -0.4 is 11.1 Å². The minimum atomic E-state index is 0.124. The van der Waals surface area contributed by atoms with Crippen LogP contribution in [0.2, 0.25) is 0 Å². The summed E-state index contributed by atoms with van der Waals surface area (Å²) in [7, 11) is 0. The Bertz CT molecular complexity index is 389. The van der Waals surface area contributed by atoms with Gasteiger partial charge in [0.25, 0.3) is 0 Å². The molecule has 2 rings (SSSR count). The number of rotatable bonds is 2. The number of hydrogen-bond acceptors (Lipinski definition) is 3. The fourth-order valence-corrected chi connectivity index (χ4v) is 2.01. The molecule has 3 N–H and O–H groups in total. The predicted octanol–water partition coefficient (Wildman–Crippen LogP) is 0.830. The number of nitrogen functional groups attached to an aromatic ring is 1. The van der Waals surface area contributed by atoms with Crippen LogP contribution in [0.15, 0.2) is 12.1 Å². The molecule has 4 nitrogen and oxygen atoms in total. The molecule has 0 aliphatic carbocycles. The second kappa shape index (κ2) is 3.88. The Morgan fingerprint density at radius 3 is 3.00 bits per heavy atom. The van der Waals surface area contributed by atoms with Crippen molar-refractivity contribution in [1.29, 1.82) is 0 Å². The fourth-order valence-electron chi connectivity index (χ4n) is 2.01. The average Bonchev–Trinajstić information content (AvgIpc) is 2.64. The maximum Gasteiger partial charge on any atom is 0.220 e. The second-order valence-corrected chi connectivity index (χ2v) is 3.83. The SMILES string of the molecule is CCc1nc(N)ccc1[C@H]1CNC(=O)C1. The number of amides is 1. The molecule has 1 aromatic rings. The van der Waals surface area contributed by atoms with E-state index in [0.717, 1.165) is 24.2 Å². The summed E-state index contributed by atoms with van der Waals surface area (Å²) < 4.78 is 0. The number of anilines is 1. The van der Waals surface area contributed by atoms with Crippen LogP contribution in [0.3, 0.4) is 0 Å². The molecule has 1 aromatic heterocycles. The highest BCUT2D eigenvalue weighted by Gasteiger charge is 2.25. The van der Waals surface area contributed by atoms with E-state index in [9.17, 15) is 4.79 Å². The molecule has 1 aliphatic heterocycles. The molecule has 2 heterocycles. The summed E-state index contributed by atoms with van der Waals surface area (Å²) in [6.07, 6.45) is 1.42. The molecule has 0 bridgehead atoms. The first kappa shape index (κ1) is 9.96. The van der Waals surface area contributed by atoms with Crippen molar-refractivity contribution in [3.63, 3.8) is 0 Å². The fraction of sp³-hybridized carbons (Fsp3) is 0.455. The van der Waals surface area contributed by atoms with Crippen molar-refractivity contribution >= 4 is 11.7 Å². The molecule has 0 unspecified atom stereocenters. The van der Waals surface area contributed by atoms with E-state index in [0.29, 0.717) is 12.2 Å². The van der Waals surface area contributed by atoms with E-state index in [1.54, 1.807) is 6.07 Å². The molecule has 0 saturated carbocycles. The monoisotopic (exact) mass is 205 g/mol. The van der Waals surface area contributed by atoms with Gasteiger partial charge in [-0.2, -0.15) is 0 Å². The summed E-state index contributed by atoms with van der Waals surface area (Å²) in [5.41, 5.74) is 7.80. The molecule has 1 amide bonds. The third kappa shape index (κ3) is 1.93. The summed E-state index contributed by atoms with van der Waals surface area (Å²) in [5.74, 6) is 0.937. The lowest BCUT2D eigenvalue weighted by Gasteiger charge is -2.12. The molecule has 0 spiro atoms. The van der Waals surface area contributed by atoms with Crippen LogP contribution in [0.5, 0.6) is 0 Å². The van der Waals surface area contributed by atoms with Crippen molar-refractivity contribution in [2.75, 3.05) is 12.3 Å². The summed E-state index contributed by atoms with van der Waals surface area (Å²) in [5, 5.41) is 2.84. The Hall–Kier alpha value is -1.58. The van der Waals surface area contributed by atoms with Gasteiger partial charge < -0.3 is 11.1 Å². The first-order valence-corrected chi connectivity index (χ1v) is 5.22. The Morgan fingerprint density at radius 1 is 1.60 bits per heavy atom. The third-order valence-corrected chi connectivity index (χ3v) is 2.78. The Kier molecular flexibility index (Phi) is 2.58. The van der Waals surface area contributed by atoms with Crippen LogP contribution in [0.4, 0.5) is 5.82 Å². The smallest absolute Gasteiger partial charge is 0.220 e. The van der Waals surface area contributed by atoms with Crippen LogP contribution in [0.1, 0.15) is 30.5 Å². The number of hydrogen-bond donors (Lipinski definition) is 2. The zero-order valence-corrected chi connectivity index (χ0v) is 8.79. The third-order valence-electron chi connectivity index (χ3n) is 2.78. The van der Waals surface area contributed by atoms with Gasteiger partial charge in [0.2, 0.25) is 5.91 Å². The lowest BCUT2D eigenvalue weighted by Crippen LogP contribution is -2.14. The first-order valence-electron chi connectivity index (χ1n) is 5.22. The van der Waals surface area contributed by atoms with Crippen molar-refractivity contribution in [3.05, 3.63) is 23.4 Å². The van der Waals surface area contributed by atoms with Gasteiger partial charge in [-0.1, -0.05) is 13.0 Å². The molecule has 0 aromatic carbocycles. The van der Waals surface area contributed by atoms with Gasteiger partial charge in [-0.3, -0.25) is 4.79 Å². The second-order valence-electron chi connectivity index (χ2n) is 3.83. The van der Waals surface area contributed by atoms with Gasteiger partial charge in [-0.05, 0) is 18.1 Å². The lowest BCUT2D eigenvalue weighted by molar-refractivity contribution is -0.119. The van der Waals surface area contributed by atoms with E-state index >= 15 is 0 Å². The van der Waals surface area contributed by atoms with Crippen LogP contribution in [-0.2, 0) is 11.2 Å². The van der Waals surface area contributed by atoms with Gasteiger partial charge in [0.15, 0.2) is 0 Å². The highest BCUT2D eigenvalue weighted by Crippen LogP contribution is 2.26. The van der Waals surface area contributed by atoms with Crippen molar-refractivity contribution in [3.8, 4) is 0 Å². The average molecular weight is 205 g/mol. The lowest BCUT2D eigenvalue weighted by atomic mass is 9.95. The van der Waals surface area contributed by atoms with Gasteiger partial charge in [0, 0.05) is 24.6 Å². The van der Waals surface area contributed by atoms with Gasteiger partial charge in [0.05, 0.1) is 0 Å². The number of pyridine rings is 1. The topological polar surface area (TPSA) is 68.0 Å². The van der Waals surface area contributed by atoms with E-state index in [2.05, 4.69) is 17.2 Å². The molecule has 15 heavy (non-hydrogen) atoms. The van der Waals surface area contributed by atoms with E-state index < -0.39 is 0 Å². The van der Waals surface area contributed by atoms with Crippen molar-refractivity contribution in [1.82, 2.24) is 10.3 Å². The molecule has 1 atom stereocenters. The van der Waals surface area contributed by atoms with Gasteiger partial charge in [-0.25, -0.2) is 4.98 Å².